The molecule has 0 unspecified atom stereocenters. The van der Waals surface area contributed by atoms with Gasteiger partial charge in [0, 0.05) is 26.2 Å². The van der Waals surface area contributed by atoms with Crippen molar-refractivity contribution in [2.24, 2.45) is 11.5 Å². The molecular formula is C4H13CaN3NaO4P. The van der Waals surface area contributed by atoms with E-state index in [2.05, 4.69) is 5.32 Å². The summed E-state index contributed by atoms with van der Waals surface area (Å²) in [7, 11) is -5.39. The molecule has 0 aliphatic carbocycles. The van der Waals surface area contributed by atoms with E-state index in [-0.39, 0.29) is 67.3 Å². The first-order valence-corrected chi connectivity index (χ1v) is 4.71. The maximum absolute atomic E-state index is 8.55. The quantitative estimate of drug-likeness (QED) is 0.258. The molecule has 0 atom stereocenters. The molecule has 0 saturated carbocycles. The van der Waals surface area contributed by atoms with Crippen LogP contribution >= 0.6 is 7.82 Å². The van der Waals surface area contributed by atoms with Gasteiger partial charge in [0.25, 0.3) is 0 Å². The summed E-state index contributed by atoms with van der Waals surface area (Å²) in [4.78, 5) is 25.6. The smallest absolute Gasteiger partial charge is 0.822 e. The van der Waals surface area contributed by atoms with Gasteiger partial charge in [0.1, 0.15) is 0 Å². The molecule has 0 aliphatic rings. The van der Waals surface area contributed by atoms with Crippen molar-refractivity contribution < 1.29 is 48.8 Å². The van der Waals surface area contributed by atoms with Gasteiger partial charge in [-0.1, -0.05) is 0 Å². The van der Waals surface area contributed by atoms with Crippen LogP contribution < -0.4 is 61.0 Å². The second-order valence-electron chi connectivity index (χ2n) is 1.77. The number of phosphoric acid groups is 1. The van der Waals surface area contributed by atoms with Gasteiger partial charge in [0.05, 0.1) is 0 Å². The van der Waals surface area contributed by atoms with E-state index in [0.29, 0.717) is 13.1 Å². The van der Waals surface area contributed by atoms with Crippen LogP contribution in [0.1, 0.15) is 0 Å². The average molecular weight is 261 g/mol. The Morgan fingerprint density at radius 2 is 1.29 bits per heavy atom. The van der Waals surface area contributed by atoms with E-state index in [9.17, 15) is 0 Å². The van der Waals surface area contributed by atoms with Crippen molar-refractivity contribution in [1.29, 1.82) is 0 Å². The first kappa shape index (κ1) is 25.2. The minimum absolute atomic E-state index is 0. The molecular weight excluding hydrogens is 248 g/mol. The van der Waals surface area contributed by atoms with E-state index in [1.807, 2.05) is 0 Å². The summed E-state index contributed by atoms with van der Waals surface area (Å²) in [6, 6.07) is 0. The summed E-state index contributed by atoms with van der Waals surface area (Å²) in [5, 5.41) is 3.03. The van der Waals surface area contributed by atoms with E-state index < -0.39 is 7.82 Å². The van der Waals surface area contributed by atoms with Crippen LogP contribution in [-0.4, -0.2) is 63.9 Å². The fraction of sp³-hybridized carbons (Fsp3) is 1.00. The van der Waals surface area contributed by atoms with Crippen LogP contribution in [0.25, 0.3) is 0 Å². The third-order valence-electron chi connectivity index (χ3n) is 0.642. The van der Waals surface area contributed by atoms with Crippen LogP contribution in [0.4, 0.5) is 0 Å². The molecule has 0 aliphatic heterocycles. The van der Waals surface area contributed by atoms with Crippen molar-refractivity contribution in [2.45, 2.75) is 0 Å². The topological polar surface area (TPSA) is 150 Å². The zero-order chi connectivity index (χ0) is 10.0. The molecule has 0 fully saturated rings. The van der Waals surface area contributed by atoms with Gasteiger partial charge < -0.3 is 36.0 Å². The van der Waals surface area contributed by atoms with E-state index >= 15 is 0 Å². The molecule has 0 aromatic rings. The summed E-state index contributed by atoms with van der Waals surface area (Å²) in [5.74, 6) is 0. The molecule has 76 valence electrons. The van der Waals surface area contributed by atoms with Crippen LogP contribution in [0.3, 0.4) is 0 Å². The summed E-state index contributed by atoms with van der Waals surface area (Å²) in [6.07, 6.45) is 0. The Hall–Kier alpha value is 2.25. The first-order valence-electron chi connectivity index (χ1n) is 3.25. The second kappa shape index (κ2) is 17.6. The van der Waals surface area contributed by atoms with Gasteiger partial charge in [0.15, 0.2) is 0 Å². The first-order chi connectivity index (χ1) is 5.41. The molecule has 5 N–H and O–H groups in total. The molecule has 0 rings (SSSR count). The number of nitrogens with one attached hydrogen (secondary N) is 1. The van der Waals surface area contributed by atoms with Crippen molar-refractivity contribution >= 4 is 45.6 Å². The van der Waals surface area contributed by atoms with Gasteiger partial charge in [-0.05, 0) is 0 Å². The van der Waals surface area contributed by atoms with Crippen molar-refractivity contribution in [2.75, 3.05) is 26.2 Å². The maximum atomic E-state index is 8.55. The summed E-state index contributed by atoms with van der Waals surface area (Å²) >= 11 is 0. The van der Waals surface area contributed by atoms with Gasteiger partial charge in [-0.25, -0.2) is 0 Å². The van der Waals surface area contributed by atoms with Crippen LogP contribution in [0.2, 0.25) is 0 Å². The third kappa shape index (κ3) is 64.0. The number of nitrogens with two attached hydrogens (primary N) is 2. The van der Waals surface area contributed by atoms with Gasteiger partial charge in [-0.2, -0.15) is 7.82 Å². The van der Waals surface area contributed by atoms with Crippen LogP contribution in [0.15, 0.2) is 0 Å². The molecule has 0 aromatic heterocycles. The Morgan fingerprint density at radius 1 is 1.07 bits per heavy atom. The van der Waals surface area contributed by atoms with Gasteiger partial charge >= 0.3 is 67.3 Å². The predicted octanol–water partition coefficient (Wildman–Crippen LogP) is -7.71. The van der Waals surface area contributed by atoms with Crippen LogP contribution in [-0.2, 0) is 4.57 Å². The van der Waals surface area contributed by atoms with Crippen molar-refractivity contribution in [3.8, 4) is 0 Å². The fourth-order valence-corrected chi connectivity index (χ4v) is 0.329. The normalized spacial score (nSPS) is 8.93. The minimum Gasteiger partial charge on any atom is -0.822 e. The summed E-state index contributed by atoms with van der Waals surface area (Å²) in [5.41, 5.74) is 10.3. The summed E-state index contributed by atoms with van der Waals surface area (Å²) < 4.78 is 8.55. The van der Waals surface area contributed by atoms with Gasteiger partial charge in [0.2, 0.25) is 0 Å². The number of hydrogen-bond donors (Lipinski definition) is 3. The molecule has 0 radical (unpaired) electrons. The Labute approximate surface area is 136 Å². The Kier molecular flexibility index (Phi) is 31.7. The van der Waals surface area contributed by atoms with E-state index in [1.165, 1.54) is 0 Å². The van der Waals surface area contributed by atoms with Crippen LogP contribution in [0.5, 0.6) is 0 Å². The summed E-state index contributed by atoms with van der Waals surface area (Å²) in [6.45, 7) is 3.13. The fourth-order valence-electron chi connectivity index (χ4n) is 0.329. The molecule has 0 aromatic carbocycles. The van der Waals surface area contributed by atoms with E-state index in [1.54, 1.807) is 0 Å². The van der Waals surface area contributed by atoms with Crippen molar-refractivity contribution in [3.05, 3.63) is 0 Å². The molecule has 0 amide bonds. The van der Waals surface area contributed by atoms with Gasteiger partial charge in [-0.15, -0.1) is 0 Å². The molecule has 0 saturated heterocycles. The molecule has 0 spiro atoms. The van der Waals surface area contributed by atoms with Crippen molar-refractivity contribution in [3.63, 3.8) is 0 Å². The maximum Gasteiger partial charge on any atom is 2.00 e. The molecule has 7 nitrogen and oxygen atoms in total. The molecule has 0 heterocycles. The Balaban J connectivity index is -0.0000000651. The number of rotatable bonds is 4. The van der Waals surface area contributed by atoms with E-state index in [0.717, 1.165) is 13.1 Å². The minimum atomic E-state index is -5.39. The Bertz CT molecular complexity index is 125. The second-order valence-corrected chi connectivity index (χ2v) is 2.67. The molecule has 0 bridgehead atoms. The third-order valence-corrected chi connectivity index (χ3v) is 0.642. The van der Waals surface area contributed by atoms with Crippen molar-refractivity contribution in [1.82, 2.24) is 5.32 Å². The molecule has 10 heteroatoms. The monoisotopic (exact) mass is 261 g/mol. The standard InChI is InChI=1S/C4H13N3.Ca.Na.H3O4P/c5-1-3-7-4-2-6;;;1-5(2,3)4/h7H,1-6H2;;;(H3,1,2,3,4)/q;+2;+1;/p-3. The predicted molar refractivity (Wildman–Crippen MR) is 44.3 cm³/mol. The Morgan fingerprint density at radius 3 is 1.43 bits per heavy atom. The molecule has 14 heavy (non-hydrogen) atoms. The zero-order valence-electron chi connectivity index (χ0n) is 8.27. The van der Waals surface area contributed by atoms with Gasteiger partial charge in [-0.3, -0.25) is 0 Å². The van der Waals surface area contributed by atoms with E-state index in [4.69, 9.17) is 30.7 Å². The average Bonchev–Trinajstić information content (AvgIpc) is 1.85. The largest absolute Gasteiger partial charge is 2.00 e. The zero-order valence-corrected chi connectivity index (χ0v) is 13.4. The van der Waals surface area contributed by atoms with Crippen LogP contribution in [0, 0.1) is 0 Å². The number of hydrogen-bond acceptors (Lipinski definition) is 7. The SMILES string of the molecule is NCCNCCN.O=P([O-])([O-])[O-].[Ca+2].[Na+].